The number of aryl methyl sites for hydroxylation is 1. The third-order valence-electron chi connectivity index (χ3n) is 5.20. The summed E-state index contributed by atoms with van der Waals surface area (Å²) in [6.07, 6.45) is 2.06. The van der Waals surface area contributed by atoms with Gasteiger partial charge < -0.3 is 19.4 Å². The van der Waals surface area contributed by atoms with Crippen LogP contribution in [-0.2, 0) is 0 Å². The van der Waals surface area contributed by atoms with Crippen molar-refractivity contribution in [2.75, 3.05) is 26.8 Å². The molecule has 1 amide bonds. The maximum Gasteiger partial charge on any atom is 0.253 e. The van der Waals surface area contributed by atoms with Crippen molar-refractivity contribution >= 4 is 16.9 Å². The molecule has 1 N–H and O–H groups in total. The summed E-state index contributed by atoms with van der Waals surface area (Å²) in [5.41, 5.74) is 2.49. The number of ether oxygens (including phenoxy) is 2. The molecule has 28 heavy (non-hydrogen) atoms. The van der Waals surface area contributed by atoms with Gasteiger partial charge in [0.1, 0.15) is 17.3 Å². The second kappa shape index (κ2) is 7.92. The molecule has 3 aromatic rings. The van der Waals surface area contributed by atoms with Crippen LogP contribution in [0.3, 0.4) is 0 Å². The van der Waals surface area contributed by atoms with Gasteiger partial charge >= 0.3 is 0 Å². The monoisotopic (exact) mass is 379 g/mol. The van der Waals surface area contributed by atoms with E-state index in [1.807, 2.05) is 54.3 Å². The van der Waals surface area contributed by atoms with Gasteiger partial charge in [-0.2, -0.15) is 0 Å². The number of amides is 1. The molecule has 1 saturated heterocycles. The molecule has 1 aromatic heterocycles. The summed E-state index contributed by atoms with van der Waals surface area (Å²) in [6.45, 7) is 4.03. The highest BCUT2D eigenvalue weighted by atomic mass is 16.5. The molecule has 0 unspecified atom stereocenters. The maximum absolute atomic E-state index is 13.0. The Morgan fingerprint density at radius 3 is 2.79 bits per heavy atom. The van der Waals surface area contributed by atoms with Crippen LogP contribution in [0.25, 0.3) is 11.0 Å². The van der Waals surface area contributed by atoms with Crippen molar-refractivity contribution in [3.63, 3.8) is 0 Å². The summed E-state index contributed by atoms with van der Waals surface area (Å²) < 4.78 is 11.1. The lowest BCUT2D eigenvalue weighted by Crippen LogP contribution is -2.41. The number of fused-ring (bicyclic) bond motifs is 1. The molecule has 1 atom stereocenters. The Labute approximate surface area is 164 Å². The zero-order chi connectivity index (χ0) is 19.5. The van der Waals surface area contributed by atoms with Crippen LogP contribution < -0.4 is 9.47 Å². The highest BCUT2D eigenvalue weighted by Crippen LogP contribution is 2.23. The van der Waals surface area contributed by atoms with Gasteiger partial charge in [-0.15, -0.1) is 0 Å². The summed E-state index contributed by atoms with van der Waals surface area (Å²) in [5.74, 6) is 2.89. The third-order valence-corrected chi connectivity index (χ3v) is 5.20. The van der Waals surface area contributed by atoms with Crippen molar-refractivity contribution in [2.45, 2.75) is 19.8 Å². The number of piperidine rings is 1. The van der Waals surface area contributed by atoms with Crippen molar-refractivity contribution in [2.24, 2.45) is 5.92 Å². The number of carbonyl (C=O) groups is 1. The number of hydrogen-bond donors (Lipinski definition) is 1. The quantitative estimate of drug-likeness (QED) is 0.732. The lowest BCUT2D eigenvalue weighted by atomic mass is 9.98. The predicted octanol–water partition coefficient (Wildman–Crippen LogP) is 3.81. The Hall–Kier alpha value is -3.02. The van der Waals surface area contributed by atoms with Gasteiger partial charge in [-0.05, 0) is 62.2 Å². The molecule has 146 valence electrons. The third kappa shape index (κ3) is 3.96. The van der Waals surface area contributed by atoms with Gasteiger partial charge in [0.15, 0.2) is 0 Å². The van der Waals surface area contributed by atoms with Crippen LogP contribution in [0.1, 0.15) is 29.0 Å². The van der Waals surface area contributed by atoms with Crippen molar-refractivity contribution in [1.29, 1.82) is 0 Å². The van der Waals surface area contributed by atoms with Gasteiger partial charge in [0.25, 0.3) is 5.91 Å². The van der Waals surface area contributed by atoms with Crippen molar-refractivity contribution in [1.82, 2.24) is 14.9 Å². The molecule has 0 aliphatic carbocycles. The lowest BCUT2D eigenvalue weighted by molar-refractivity contribution is 0.0633. The van der Waals surface area contributed by atoms with Crippen LogP contribution in [0.2, 0.25) is 0 Å². The Bertz CT molecular complexity index is 965. The first-order valence-electron chi connectivity index (χ1n) is 9.65. The molecule has 2 aromatic carbocycles. The first-order chi connectivity index (χ1) is 13.6. The number of aromatic nitrogens is 2. The highest BCUT2D eigenvalue weighted by Gasteiger charge is 2.25. The largest absolute Gasteiger partial charge is 0.497 e. The zero-order valence-electron chi connectivity index (χ0n) is 16.3. The molecule has 0 spiro atoms. The maximum atomic E-state index is 13.0. The van der Waals surface area contributed by atoms with E-state index in [-0.39, 0.29) is 5.91 Å². The predicted molar refractivity (Wildman–Crippen MR) is 108 cm³/mol. The van der Waals surface area contributed by atoms with Gasteiger partial charge in [-0.3, -0.25) is 4.79 Å². The van der Waals surface area contributed by atoms with E-state index in [1.54, 1.807) is 7.11 Å². The Morgan fingerprint density at radius 2 is 2.00 bits per heavy atom. The van der Waals surface area contributed by atoms with Crippen LogP contribution in [0.5, 0.6) is 11.5 Å². The zero-order valence-corrected chi connectivity index (χ0v) is 16.3. The number of likely N-dealkylation sites (tertiary alicyclic amines) is 1. The lowest BCUT2D eigenvalue weighted by Gasteiger charge is -2.32. The van der Waals surface area contributed by atoms with E-state index in [0.717, 1.165) is 54.3 Å². The number of hydrogen-bond acceptors (Lipinski definition) is 4. The molecule has 6 heteroatoms. The molecule has 1 aliphatic rings. The average molecular weight is 379 g/mol. The van der Waals surface area contributed by atoms with Gasteiger partial charge in [0, 0.05) is 24.6 Å². The fourth-order valence-corrected chi connectivity index (χ4v) is 3.72. The fraction of sp³-hybridized carbons (Fsp3) is 0.364. The minimum atomic E-state index is 0.0725. The van der Waals surface area contributed by atoms with Gasteiger partial charge in [-0.25, -0.2) is 4.98 Å². The van der Waals surface area contributed by atoms with Gasteiger partial charge in [-0.1, -0.05) is 0 Å². The van der Waals surface area contributed by atoms with Crippen molar-refractivity contribution in [3.05, 3.63) is 53.9 Å². The Morgan fingerprint density at radius 1 is 1.21 bits per heavy atom. The minimum Gasteiger partial charge on any atom is -0.497 e. The summed E-state index contributed by atoms with van der Waals surface area (Å²) in [6, 6.07) is 13.3. The number of methoxy groups -OCH3 is 1. The number of nitrogens with one attached hydrogen (secondary N) is 1. The standard InChI is InChI=1S/C22H25N3O3/c1-15-23-20-10-5-17(12-21(20)24-15)22(26)25-11-3-4-16(13-25)14-28-19-8-6-18(27-2)7-9-19/h5-10,12,16H,3-4,11,13-14H2,1-2H3,(H,23,24)/t16-/m0/s1. The smallest absolute Gasteiger partial charge is 0.253 e. The van der Waals surface area contributed by atoms with E-state index in [9.17, 15) is 4.79 Å². The number of benzene rings is 2. The second-order valence-corrected chi connectivity index (χ2v) is 7.30. The summed E-state index contributed by atoms with van der Waals surface area (Å²) >= 11 is 0. The summed E-state index contributed by atoms with van der Waals surface area (Å²) in [5, 5.41) is 0. The average Bonchev–Trinajstić information content (AvgIpc) is 3.11. The van der Waals surface area contributed by atoms with E-state index in [1.165, 1.54) is 0 Å². The summed E-state index contributed by atoms with van der Waals surface area (Å²) in [7, 11) is 1.65. The van der Waals surface area contributed by atoms with Crippen LogP contribution >= 0.6 is 0 Å². The van der Waals surface area contributed by atoms with Crippen LogP contribution in [0.15, 0.2) is 42.5 Å². The molecule has 0 bridgehead atoms. The number of aromatic amines is 1. The Balaban J connectivity index is 1.38. The first kappa shape index (κ1) is 18.3. The number of nitrogens with zero attached hydrogens (tertiary/aromatic N) is 2. The van der Waals surface area contributed by atoms with Crippen LogP contribution in [0, 0.1) is 12.8 Å². The van der Waals surface area contributed by atoms with E-state index in [4.69, 9.17) is 9.47 Å². The second-order valence-electron chi connectivity index (χ2n) is 7.30. The molecule has 0 saturated carbocycles. The van der Waals surface area contributed by atoms with E-state index >= 15 is 0 Å². The van der Waals surface area contributed by atoms with Gasteiger partial charge in [0.05, 0.1) is 24.8 Å². The normalized spacial score (nSPS) is 16.9. The van der Waals surface area contributed by atoms with Crippen molar-refractivity contribution in [3.8, 4) is 11.5 Å². The van der Waals surface area contributed by atoms with Crippen LogP contribution in [-0.4, -0.2) is 47.6 Å². The Kier molecular flexibility index (Phi) is 5.19. The van der Waals surface area contributed by atoms with Gasteiger partial charge in [0.2, 0.25) is 0 Å². The molecule has 1 fully saturated rings. The molecular formula is C22H25N3O3. The highest BCUT2D eigenvalue weighted by molar-refractivity contribution is 5.97. The molecule has 0 radical (unpaired) electrons. The molecule has 2 heterocycles. The van der Waals surface area contributed by atoms with E-state index in [0.29, 0.717) is 18.1 Å². The number of carbonyl (C=O) groups excluding carboxylic acids is 1. The molecule has 6 nitrogen and oxygen atoms in total. The SMILES string of the molecule is COc1ccc(OC[C@H]2CCCN(C(=O)c3ccc4nc(C)[nH]c4c3)C2)cc1. The molecular weight excluding hydrogens is 354 g/mol. The first-order valence-corrected chi connectivity index (χ1v) is 9.65. The van der Waals surface area contributed by atoms with E-state index < -0.39 is 0 Å². The van der Waals surface area contributed by atoms with E-state index in [2.05, 4.69) is 9.97 Å². The molecule has 1 aliphatic heterocycles. The van der Waals surface area contributed by atoms with Crippen LogP contribution in [0.4, 0.5) is 0 Å². The number of H-pyrrole nitrogens is 1. The topological polar surface area (TPSA) is 67.5 Å². The van der Waals surface area contributed by atoms with Crippen molar-refractivity contribution < 1.29 is 14.3 Å². The minimum absolute atomic E-state index is 0.0725. The summed E-state index contributed by atoms with van der Waals surface area (Å²) in [4.78, 5) is 22.5. The fourth-order valence-electron chi connectivity index (χ4n) is 3.72. The number of rotatable bonds is 5. The number of imidazole rings is 1. The molecule has 4 rings (SSSR count).